The molecular weight excluding hydrogens is 346 g/mol. The molecule has 1 aliphatic rings. The van der Waals surface area contributed by atoms with Crippen LogP contribution in [0.1, 0.15) is 27.7 Å². The van der Waals surface area contributed by atoms with Crippen molar-refractivity contribution in [2.75, 3.05) is 6.54 Å². The Kier molecular flexibility index (Phi) is 4.82. The van der Waals surface area contributed by atoms with Gasteiger partial charge in [-0.3, -0.25) is 0 Å². The summed E-state index contributed by atoms with van der Waals surface area (Å²) in [6.45, 7) is 5.75. The Bertz CT molecular complexity index is 703. The van der Waals surface area contributed by atoms with Crippen LogP contribution in [0.3, 0.4) is 0 Å². The van der Waals surface area contributed by atoms with Crippen molar-refractivity contribution in [3.63, 3.8) is 0 Å². The second-order valence-corrected chi connectivity index (χ2v) is 8.37. The Labute approximate surface area is 139 Å². The van der Waals surface area contributed by atoms with Crippen molar-refractivity contribution in [3.8, 4) is 0 Å². The fourth-order valence-corrected chi connectivity index (χ4v) is 3.14. The van der Waals surface area contributed by atoms with Crippen LogP contribution in [0.15, 0.2) is 29.2 Å². The molecule has 1 aromatic carbocycles. The van der Waals surface area contributed by atoms with E-state index in [1.165, 1.54) is 22.9 Å². The van der Waals surface area contributed by atoms with Crippen LogP contribution in [0.2, 0.25) is 0 Å². The maximum atomic E-state index is 12.2. The molecule has 1 aliphatic heterocycles. The minimum Gasteiger partial charge on any atom is -0.399 e. The molecule has 2 rings (SSSR count). The Morgan fingerprint density at radius 2 is 1.67 bits per heavy atom. The highest BCUT2D eigenvalue weighted by Gasteiger charge is 2.51. The zero-order valence-corrected chi connectivity index (χ0v) is 14.6. The normalized spacial score (nSPS) is 20.4. The van der Waals surface area contributed by atoms with Gasteiger partial charge in [0.15, 0.2) is 0 Å². The smallest absolute Gasteiger partial charge is 0.399 e. The molecule has 0 saturated carbocycles. The highest BCUT2D eigenvalue weighted by atomic mass is 32.2. The number of halogens is 3. The van der Waals surface area contributed by atoms with E-state index in [0.29, 0.717) is 5.46 Å². The lowest BCUT2D eigenvalue weighted by atomic mass is 9.79. The van der Waals surface area contributed by atoms with E-state index in [4.69, 9.17) is 9.31 Å². The molecule has 10 heteroatoms. The summed E-state index contributed by atoms with van der Waals surface area (Å²) in [4.78, 5) is -0.279. The van der Waals surface area contributed by atoms with E-state index < -0.39 is 41.1 Å². The van der Waals surface area contributed by atoms with Gasteiger partial charge in [0.25, 0.3) is 0 Å². The van der Waals surface area contributed by atoms with E-state index in [1.807, 2.05) is 27.7 Å². The summed E-state index contributed by atoms with van der Waals surface area (Å²) in [5.74, 6) is 0. The van der Waals surface area contributed by atoms with Gasteiger partial charge < -0.3 is 9.31 Å². The molecule has 0 spiro atoms. The van der Waals surface area contributed by atoms with Gasteiger partial charge in [-0.25, -0.2) is 13.1 Å². The summed E-state index contributed by atoms with van der Waals surface area (Å²) >= 11 is 0. The van der Waals surface area contributed by atoms with E-state index in [-0.39, 0.29) is 4.90 Å². The van der Waals surface area contributed by atoms with E-state index in [0.717, 1.165) is 0 Å². The van der Waals surface area contributed by atoms with Gasteiger partial charge in [0.2, 0.25) is 10.0 Å². The van der Waals surface area contributed by atoms with Crippen LogP contribution in [0.25, 0.3) is 0 Å². The molecule has 1 heterocycles. The lowest BCUT2D eigenvalue weighted by Gasteiger charge is -2.32. The second-order valence-electron chi connectivity index (χ2n) is 6.60. The first-order chi connectivity index (χ1) is 10.7. The van der Waals surface area contributed by atoms with Crippen LogP contribution in [-0.4, -0.2) is 39.5 Å². The van der Waals surface area contributed by atoms with E-state index in [2.05, 4.69) is 0 Å². The fraction of sp³-hybridized carbons (Fsp3) is 0.571. The predicted octanol–water partition coefficient (Wildman–Crippen LogP) is 1.83. The minimum absolute atomic E-state index is 0.279. The third kappa shape index (κ3) is 4.11. The zero-order chi connectivity index (χ0) is 18.4. The molecule has 0 aliphatic carbocycles. The molecule has 0 unspecified atom stereocenters. The molecule has 0 amide bonds. The van der Waals surface area contributed by atoms with Crippen LogP contribution < -0.4 is 10.2 Å². The predicted molar refractivity (Wildman–Crippen MR) is 83.4 cm³/mol. The molecular formula is C14H19BF3NO4S. The van der Waals surface area contributed by atoms with Crippen LogP contribution in [-0.2, 0) is 19.3 Å². The van der Waals surface area contributed by atoms with Crippen molar-refractivity contribution >= 4 is 22.6 Å². The van der Waals surface area contributed by atoms with Crippen molar-refractivity contribution in [3.05, 3.63) is 24.3 Å². The number of hydrogen-bond acceptors (Lipinski definition) is 4. The standard InChI is InChI=1S/C14H19BF3NO4S/c1-12(2)13(3,4)23-15(22-12)10-6-5-7-11(8-10)24(20,21)19-9-14(16,17)18/h5-8,19H,9H2,1-4H3. The second kappa shape index (κ2) is 6.01. The molecule has 0 atom stereocenters. The fourth-order valence-electron chi connectivity index (χ4n) is 2.07. The number of rotatable bonds is 4. The number of nitrogens with one attached hydrogen (secondary N) is 1. The average Bonchev–Trinajstić information content (AvgIpc) is 2.65. The zero-order valence-electron chi connectivity index (χ0n) is 13.8. The van der Waals surface area contributed by atoms with Crippen LogP contribution in [0.5, 0.6) is 0 Å². The topological polar surface area (TPSA) is 64.6 Å². The van der Waals surface area contributed by atoms with Crippen LogP contribution in [0.4, 0.5) is 13.2 Å². The van der Waals surface area contributed by atoms with Gasteiger partial charge in [0.1, 0.15) is 6.54 Å². The maximum absolute atomic E-state index is 12.2. The van der Waals surface area contributed by atoms with Gasteiger partial charge in [-0.1, -0.05) is 12.1 Å². The van der Waals surface area contributed by atoms with Crippen LogP contribution in [0, 0.1) is 0 Å². The van der Waals surface area contributed by atoms with Crippen molar-refractivity contribution in [2.24, 2.45) is 0 Å². The van der Waals surface area contributed by atoms with Gasteiger partial charge in [-0.2, -0.15) is 13.2 Å². The quantitative estimate of drug-likeness (QED) is 0.827. The van der Waals surface area contributed by atoms with Gasteiger partial charge in [-0.05, 0) is 45.3 Å². The minimum atomic E-state index is -4.63. The molecule has 0 radical (unpaired) electrons. The molecule has 134 valence electrons. The molecule has 1 aromatic rings. The summed E-state index contributed by atoms with van der Waals surface area (Å²) in [7, 11) is -5.08. The first kappa shape index (κ1) is 19.2. The van der Waals surface area contributed by atoms with Crippen molar-refractivity contribution < 1.29 is 30.9 Å². The lowest BCUT2D eigenvalue weighted by Crippen LogP contribution is -2.41. The lowest BCUT2D eigenvalue weighted by molar-refractivity contribution is -0.121. The molecule has 5 nitrogen and oxygen atoms in total. The highest BCUT2D eigenvalue weighted by Crippen LogP contribution is 2.36. The molecule has 24 heavy (non-hydrogen) atoms. The third-order valence-electron chi connectivity index (χ3n) is 4.16. The molecule has 0 aromatic heterocycles. The Morgan fingerprint density at radius 3 is 2.17 bits per heavy atom. The number of benzene rings is 1. The summed E-state index contributed by atoms with van der Waals surface area (Å²) in [5.41, 5.74) is -0.800. The van der Waals surface area contributed by atoms with Crippen molar-refractivity contribution in [1.29, 1.82) is 0 Å². The molecule has 1 fully saturated rings. The number of hydrogen-bond donors (Lipinski definition) is 1. The number of alkyl halides is 3. The molecule has 0 bridgehead atoms. The Hall–Kier alpha value is -1.10. The van der Waals surface area contributed by atoms with E-state index in [9.17, 15) is 21.6 Å². The average molecular weight is 365 g/mol. The SMILES string of the molecule is CC1(C)OB(c2cccc(S(=O)(=O)NCC(F)(F)F)c2)OC1(C)C. The molecule has 1 N–H and O–H groups in total. The summed E-state index contributed by atoms with van der Waals surface area (Å²) in [6.07, 6.45) is -4.63. The van der Waals surface area contributed by atoms with E-state index >= 15 is 0 Å². The van der Waals surface area contributed by atoms with Crippen molar-refractivity contribution in [2.45, 2.75) is 50.0 Å². The Balaban J connectivity index is 2.24. The molecule has 1 saturated heterocycles. The van der Waals surface area contributed by atoms with Gasteiger partial charge in [0.05, 0.1) is 16.1 Å². The summed E-state index contributed by atoms with van der Waals surface area (Å²) in [5, 5.41) is 0. The van der Waals surface area contributed by atoms with Crippen molar-refractivity contribution in [1.82, 2.24) is 4.72 Å². The van der Waals surface area contributed by atoms with Crippen LogP contribution >= 0.6 is 0 Å². The summed E-state index contributed by atoms with van der Waals surface area (Å²) in [6, 6.07) is 5.50. The van der Waals surface area contributed by atoms with Gasteiger partial charge in [-0.15, -0.1) is 0 Å². The first-order valence-corrected chi connectivity index (χ1v) is 8.74. The highest BCUT2D eigenvalue weighted by molar-refractivity contribution is 7.89. The van der Waals surface area contributed by atoms with Gasteiger partial charge >= 0.3 is 13.3 Å². The largest absolute Gasteiger partial charge is 0.494 e. The number of sulfonamides is 1. The van der Waals surface area contributed by atoms with Gasteiger partial charge in [0, 0.05) is 0 Å². The maximum Gasteiger partial charge on any atom is 0.494 e. The first-order valence-electron chi connectivity index (χ1n) is 7.26. The monoisotopic (exact) mass is 365 g/mol. The van der Waals surface area contributed by atoms with E-state index in [1.54, 1.807) is 6.07 Å². The third-order valence-corrected chi connectivity index (χ3v) is 5.56. The Morgan fingerprint density at radius 1 is 1.12 bits per heavy atom. The summed E-state index contributed by atoms with van der Waals surface area (Å²) < 4.78 is 73.9.